The Balaban J connectivity index is 1.66. The van der Waals surface area contributed by atoms with Gasteiger partial charge in [0, 0.05) is 25.7 Å². The highest BCUT2D eigenvalue weighted by atomic mass is 16.5. The van der Waals surface area contributed by atoms with Gasteiger partial charge in [-0.25, -0.2) is 0 Å². The summed E-state index contributed by atoms with van der Waals surface area (Å²) in [5.41, 5.74) is 1.31. The Kier molecular flexibility index (Phi) is 6.83. The van der Waals surface area contributed by atoms with Crippen molar-refractivity contribution in [1.29, 1.82) is 0 Å². The van der Waals surface area contributed by atoms with Gasteiger partial charge >= 0.3 is 0 Å². The van der Waals surface area contributed by atoms with E-state index in [1.165, 1.54) is 5.56 Å². The fraction of sp³-hybridized carbons (Fsp3) is 0.588. The molecule has 2 N–H and O–H groups in total. The van der Waals surface area contributed by atoms with Crippen molar-refractivity contribution in [2.45, 2.75) is 32.0 Å². The summed E-state index contributed by atoms with van der Waals surface area (Å²) in [5, 5.41) is 6.16. The average Bonchev–Trinajstić information content (AvgIpc) is 2.56. The molecule has 1 saturated heterocycles. The third kappa shape index (κ3) is 5.40. The Hall–Kier alpha value is -1.43. The highest BCUT2D eigenvalue weighted by Crippen LogP contribution is 2.08. The minimum Gasteiger partial charge on any atom is -0.378 e. The summed E-state index contributed by atoms with van der Waals surface area (Å²) in [4.78, 5) is 14.3. The van der Waals surface area contributed by atoms with Gasteiger partial charge < -0.3 is 15.4 Å². The number of hydrogen-bond donors (Lipinski definition) is 2. The second-order valence-corrected chi connectivity index (χ2v) is 5.91. The lowest BCUT2D eigenvalue weighted by Gasteiger charge is -2.26. The molecular weight excluding hydrogens is 278 g/mol. The first-order valence-electron chi connectivity index (χ1n) is 8.00. The summed E-state index contributed by atoms with van der Waals surface area (Å²) in [6, 6.07) is 10.6. The predicted molar refractivity (Wildman–Crippen MR) is 87.6 cm³/mol. The van der Waals surface area contributed by atoms with Crippen LogP contribution in [0.4, 0.5) is 0 Å². The molecule has 122 valence electrons. The maximum Gasteiger partial charge on any atom is 0.239 e. The van der Waals surface area contributed by atoms with Gasteiger partial charge in [-0.2, -0.15) is 0 Å². The molecular formula is C17H27N3O2. The molecule has 1 heterocycles. The van der Waals surface area contributed by atoms with Crippen molar-refractivity contribution < 1.29 is 9.53 Å². The van der Waals surface area contributed by atoms with Crippen molar-refractivity contribution in [2.75, 3.05) is 33.4 Å². The normalized spacial score (nSPS) is 19.9. The summed E-state index contributed by atoms with van der Waals surface area (Å²) in [7, 11) is 2.12. The smallest absolute Gasteiger partial charge is 0.239 e. The lowest BCUT2D eigenvalue weighted by Crippen LogP contribution is -2.51. The number of hydrogen-bond acceptors (Lipinski definition) is 4. The zero-order valence-electron chi connectivity index (χ0n) is 13.5. The lowest BCUT2D eigenvalue weighted by molar-refractivity contribution is -0.125. The molecule has 1 amide bonds. The summed E-state index contributed by atoms with van der Waals surface area (Å²) in [6.45, 7) is 5.71. The van der Waals surface area contributed by atoms with E-state index in [4.69, 9.17) is 4.74 Å². The van der Waals surface area contributed by atoms with Crippen LogP contribution in [0, 0.1) is 0 Å². The first-order chi connectivity index (χ1) is 10.7. The molecule has 5 nitrogen and oxygen atoms in total. The number of rotatable bonds is 7. The van der Waals surface area contributed by atoms with Crippen LogP contribution in [0.25, 0.3) is 0 Å². The molecule has 0 saturated carbocycles. The quantitative estimate of drug-likeness (QED) is 0.789. The second kappa shape index (κ2) is 8.88. The Bertz CT molecular complexity index is 446. The second-order valence-electron chi connectivity index (χ2n) is 5.91. The van der Waals surface area contributed by atoms with Crippen molar-refractivity contribution in [3.8, 4) is 0 Å². The van der Waals surface area contributed by atoms with Crippen LogP contribution in [-0.2, 0) is 16.1 Å². The van der Waals surface area contributed by atoms with E-state index in [1.807, 2.05) is 6.07 Å². The molecule has 2 atom stereocenters. The highest BCUT2D eigenvalue weighted by Gasteiger charge is 2.20. The maximum absolute atomic E-state index is 12.0. The van der Waals surface area contributed by atoms with Gasteiger partial charge in [-0.1, -0.05) is 30.3 Å². The van der Waals surface area contributed by atoms with Crippen LogP contribution in [-0.4, -0.2) is 56.2 Å². The van der Waals surface area contributed by atoms with Gasteiger partial charge in [0.15, 0.2) is 0 Å². The molecule has 2 rings (SSSR count). The van der Waals surface area contributed by atoms with Gasteiger partial charge in [-0.15, -0.1) is 0 Å². The number of benzene rings is 1. The third-order valence-corrected chi connectivity index (χ3v) is 4.13. The zero-order valence-corrected chi connectivity index (χ0v) is 13.5. The van der Waals surface area contributed by atoms with Crippen LogP contribution in [0.15, 0.2) is 30.3 Å². The fourth-order valence-electron chi connectivity index (χ4n) is 2.51. The standard InChI is InChI=1S/C17H27N3O2/c1-14(20(2)12-15-6-4-3-5-7-15)8-9-19-17(21)16-13-22-11-10-18-16/h3-7,14,16,18H,8-13H2,1-2H3,(H,19,21). The minimum absolute atomic E-state index is 0.0395. The van der Waals surface area contributed by atoms with Crippen molar-refractivity contribution in [3.63, 3.8) is 0 Å². The molecule has 5 heteroatoms. The number of nitrogens with one attached hydrogen (secondary N) is 2. The van der Waals surface area contributed by atoms with Gasteiger partial charge in [-0.3, -0.25) is 9.69 Å². The van der Waals surface area contributed by atoms with Crippen LogP contribution in [0.3, 0.4) is 0 Å². The van der Waals surface area contributed by atoms with E-state index in [0.29, 0.717) is 25.8 Å². The van der Waals surface area contributed by atoms with Crippen molar-refractivity contribution in [3.05, 3.63) is 35.9 Å². The zero-order chi connectivity index (χ0) is 15.8. The Labute approximate surface area is 133 Å². The van der Waals surface area contributed by atoms with Crippen molar-refractivity contribution in [1.82, 2.24) is 15.5 Å². The van der Waals surface area contributed by atoms with E-state index >= 15 is 0 Å². The molecule has 1 aliphatic rings. The lowest BCUT2D eigenvalue weighted by atomic mass is 10.1. The maximum atomic E-state index is 12.0. The highest BCUT2D eigenvalue weighted by molar-refractivity contribution is 5.81. The molecule has 0 radical (unpaired) electrons. The van der Waals surface area contributed by atoms with Crippen LogP contribution < -0.4 is 10.6 Å². The topological polar surface area (TPSA) is 53.6 Å². The third-order valence-electron chi connectivity index (χ3n) is 4.13. The van der Waals surface area contributed by atoms with E-state index in [0.717, 1.165) is 19.5 Å². The molecule has 1 fully saturated rings. The van der Waals surface area contributed by atoms with Gasteiger partial charge in [0.25, 0.3) is 0 Å². The summed E-state index contributed by atoms with van der Waals surface area (Å²) >= 11 is 0. The Morgan fingerprint density at radius 2 is 2.23 bits per heavy atom. The molecule has 1 aliphatic heterocycles. The van der Waals surface area contributed by atoms with Gasteiger partial charge in [0.1, 0.15) is 6.04 Å². The van der Waals surface area contributed by atoms with Crippen molar-refractivity contribution in [2.24, 2.45) is 0 Å². The number of carbonyl (C=O) groups excluding carboxylic acids is 1. The fourth-order valence-corrected chi connectivity index (χ4v) is 2.51. The van der Waals surface area contributed by atoms with Crippen LogP contribution in [0.1, 0.15) is 18.9 Å². The monoisotopic (exact) mass is 305 g/mol. The summed E-state index contributed by atoms with van der Waals surface area (Å²) < 4.78 is 5.30. The summed E-state index contributed by atoms with van der Waals surface area (Å²) in [6.07, 6.45) is 0.933. The SMILES string of the molecule is CC(CCNC(=O)C1COCCN1)N(C)Cc1ccccc1. The first-order valence-corrected chi connectivity index (χ1v) is 8.00. The van der Waals surface area contributed by atoms with Crippen molar-refractivity contribution >= 4 is 5.91 Å². The summed E-state index contributed by atoms with van der Waals surface area (Å²) in [5.74, 6) is 0.0395. The Morgan fingerprint density at radius 1 is 1.45 bits per heavy atom. The van der Waals surface area contributed by atoms with E-state index < -0.39 is 0 Å². The van der Waals surface area contributed by atoms with E-state index in [1.54, 1.807) is 0 Å². The van der Waals surface area contributed by atoms with Gasteiger partial charge in [0.05, 0.1) is 13.2 Å². The first kappa shape index (κ1) is 16.9. The average molecular weight is 305 g/mol. The number of amides is 1. The van der Waals surface area contributed by atoms with Crippen LogP contribution in [0.2, 0.25) is 0 Å². The van der Waals surface area contributed by atoms with E-state index in [9.17, 15) is 4.79 Å². The van der Waals surface area contributed by atoms with Gasteiger partial charge in [-0.05, 0) is 26.0 Å². The number of nitrogens with zero attached hydrogens (tertiary/aromatic N) is 1. The van der Waals surface area contributed by atoms with Gasteiger partial charge in [0.2, 0.25) is 5.91 Å². The molecule has 0 aromatic heterocycles. The molecule has 0 spiro atoms. The van der Waals surface area contributed by atoms with Crippen LogP contribution >= 0.6 is 0 Å². The molecule has 22 heavy (non-hydrogen) atoms. The predicted octanol–water partition coefficient (Wildman–Crippen LogP) is 1.00. The Morgan fingerprint density at radius 3 is 2.91 bits per heavy atom. The van der Waals surface area contributed by atoms with Crippen LogP contribution in [0.5, 0.6) is 0 Å². The number of morpholine rings is 1. The molecule has 2 unspecified atom stereocenters. The number of carbonyl (C=O) groups is 1. The molecule has 1 aromatic carbocycles. The van der Waals surface area contributed by atoms with E-state index in [-0.39, 0.29) is 11.9 Å². The van der Waals surface area contributed by atoms with E-state index in [2.05, 4.69) is 53.8 Å². The number of ether oxygens (including phenoxy) is 1. The largest absolute Gasteiger partial charge is 0.378 e. The molecule has 1 aromatic rings. The molecule has 0 aliphatic carbocycles. The minimum atomic E-state index is -0.203. The molecule has 0 bridgehead atoms.